The summed E-state index contributed by atoms with van der Waals surface area (Å²) in [4.78, 5) is 2.53. The van der Waals surface area contributed by atoms with Gasteiger partial charge in [-0.25, -0.2) is 4.39 Å². The third-order valence-corrected chi connectivity index (χ3v) is 4.25. The Labute approximate surface area is 115 Å². The molecule has 1 aliphatic heterocycles. The Morgan fingerprint density at radius 2 is 2.16 bits per heavy atom. The van der Waals surface area contributed by atoms with Gasteiger partial charge in [0.1, 0.15) is 5.82 Å². The molecule has 0 spiro atoms. The van der Waals surface area contributed by atoms with Gasteiger partial charge in [0.25, 0.3) is 0 Å². The average molecular weight is 264 g/mol. The van der Waals surface area contributed by atoms with E-state index >= 15 is 0 Å². The molecule has 2 unspecified atom stereocenters. The minimum absolute atomic E-state index is 0.180. The summed E-state index contributed by atoms with van der Waals surface area (Å²) in [5, 5.41) is 0. The first-order chi connectivity index (χ1) is 9.22. The van der Waals surface area contributed by atoms with Crippen molar-refractivity contribution in [2.24, 2.45) is 5.73 Å². The van der Waals surface area contributed by atoms with Crippen LogP contribution in [0.15, 0.2) is 24.3 Å². The largest absolute Gasteiger partial charge is 0.324 e. The Kier molecular flexibility index (Phi) is 5.34. The van der Waals surface area contributed by atoms with Gasteiger partial charge in [0.05, 0.1) is 0 Å². The van der Waals surface area contributed by atoms with Crippen molar-refractivity contribution in [1.82, 2.24) is 4.90 Å². The van der Waals surface area contributed by atoms with Gasteiger partial charge in [-0.05, 0) is 38.3 Å². The fourth-order valence-electron chi connectivity index (χ4n) is 3.05. The van der Waals surface area contributed by atoms with Crippen LogP contribution in [-0.2, 0) is 0 Å². The van der Waals surface area contributed by atoms with Crippen molar-refractivity contribution in [1.29, 1.82) is 0 Å². The highest BCUT2D eigenvalue weighted by Gasteiger charge is 2.21. The summed E-state index contributed by atoms with van der Waals surface area (Å²) in [7, 11) is 0. The maximum absolute atomic E-state index is 13.7. The Balaban J connectivity index is 1.89. The highest BCUT2D eigenvalue weighted by molar-refractivity contribution is 5.20. The van der Waals surface area contributed by atoms with Gasteiger partial charge in [-0.3, -0.25) is 0 Å². The summed E-state index contributed by atoms with van der Waals surface area (Å²) in [6, 6.07) is 7.36. The van der Waals surface area contributed by atoms with Crippen molar-refractivity contribution < 1.29 is 4.39 Å². The Hall–Kier alpha value is -0.930. The van der Waals surface area contributed by atoms with E-state index in [1.54, 1.807) is 12.1 Å². The molecule has 0 radical (unpaired) electrons. The van der Waals surface area contributed by atoms with Crippen LogP contribution >= 0.6 is 0 Å². The Morgan fingerprint density at radius 1 is 1.37 bits per heavy atom. The lowest BCUT2D eigenvalue weighted by molar-refractivity contribution is 0.139. The molecule has 19 heavy (non-hydrogen) atoms. The molecule has 1 fully saturated rings. The lowest BCUT2D eigenvalue weighted by Crippen LogP contribution is -2.40. The number of benzene rings is 1. The second-order valence-electron chi connectivity index (χ2n) is 5.51. The van der Waals surface area contributed by atoms with E-state index in [1.165, 1.54) is 38.3 Å². The molecule has 3 heteroatoms. The molecule has 1 heterocycles. The average Bonchev–Trinajstić information content (AvgIpc) is 2.45. The minimum atomic E-state index is -0.194. The summed E-state index contributed by atoms with van der Waals surface area (Å²) in [5.74, 6) is -0.180. The molecule has 2 N–H and O–H groups in total. The highest BCUT2D eigenvalue weighted by atomic mass is 19.1. The molecular formula is C16H25FN2. The molecule has 2 atom stereocenters. The van der Waals surface area contributed by atoms with E-state index in [1.807, 2.05) is 6.07 Å². The second kappa shape index (κ2) is 7.01. The Morgan fingerprint density at radius 3 is 2.89 bits per heavy atom. The van der Waals surface area contributed by atoms with Crippen molar-refractivity contribution >= 4 is 0 Å². The normalized spacial score (nSPS) is 22.4. The van der Waals surface area contributed by atoms with Crippen molar-refractivity contribution in [3.8, 4) is 0 Å². The van der Waals surface area contributed by atoms with E-state index in [2.05, 4.69) is 11.8 Å². The standard InChI is InChI=1S/C16H25FN2/c1-2-13-7-5-6-11-19(13)12-10-16(18)14-8-3-4-9-15(14)17/h3-4,8-9,13,16H,2,5-7,10-12,18H2,1H3. The zero-order valence-electron chi connectivity index (χ0n) is 11.8. The number of piperidine rings is 1. The quantitative estimate of drug-likeness (QED) is 0.882. The van der Waals surface area contributed by atoms with Crippen LogP contribution in [0.1, 0.15) is 50.6 Å². The second-order valence-corrected chi connectivity index (χ2v) is 5.51. The Bertz CT molecular complexity index is 394. The highest BCUT2D eigenvalue weighted by Crippen LogP contribution is 2.22. The SMILES string of the molecule is CCC1CCCCN1CCC(N)c1ccccc1F. The van der Waals surface area contributed by atoms with Crippen LogP contribution in [0.5, 0.6) is 0 Å². The predicted molar refractivity (Wildman–Crippen MR) is 77.4 cm³/mol. The van der Waals surface area contributed by atoms with Gasteiger partial charge >= 0.3 is 0 Å². The number of halogens is 1. The third-order valence-electron chi connectivity index (χ3n) is 4.25. The lowest BCUT2D eigenvalue weighted by Gasteiger charge is -2.35. The van der Waals surface area contributed by atoms with Crippen LogP contribution in [0.4, 0.5) is 4.39 Å². The van der Waals surface area contributed by atoms with E-state index in [4.69, 9.17) is 5.73 Å². The van der Waals surface area contributed by atoms with Gasteiger partial charge in [-0.1, -0.05) is 31.5 Å². The van der Waals surface area contributed by atoms with Gasteiger partial charge in [-0.2, -0.15) is 0 Å². The lowest BCUT2D eigenvalue weighted by atomic mass is 9.98. The van der Waals surface area contributed by atoms with Crippen molar-refractivity contribution in [2.45, 2.75) is 51.1 Å². The molecule has 1 aromatic rings. The molecule has 1 aromatic carbocycles. The number of rotatable bonds is 5. The number of nitrogens with zero attached hydrogens (tertiary/aromatic N) is 1. The molecule has 0 amide bonds. The summed E-state index contributed by atoms with van der Waals surface area (Å²) in [5.41, 5.74) is 6.78. The van der Waals surface area contributed by atoms with Gasteiger partial charge < -0.3 is 10.6 Å². The molecule has 0 bridgehead atoms. The molecule has 2 nitrogen and oxygen atoms in total. The maximum Gasteiger partial charge on any atom is 0.127 e. The zero-order chi connectivity index (χ0) is 13.7. The van der Waals surface area contributed by atoms with Gasteiger partial charge in [-0.15, -0.1) is 0 Å². The van der Waals surface area contributed by atoms with Gasteiger partial charge in [0, 0.05) is 24.2 Å². The van der Waals surface area contributed by atoms with Crippen LogP contribution in [0.3, 0.4) is 0 Å². The molecular weight excluding hydrogens is 239 g/mol. The number of hydrogen-bond donors (Lipinski definition) is 1. The number of nitrogens with two attached hydrogens (primary N) is 1. The summed E-state index contributed by atoms with van der Waals surface area (Å²) < 4.78 is 13.7. The fourth-order valence-corrected chi connectivity index (χ4v) is 3.05. The first kappa shape index (κ1) is 14.5. The van der Waals surface area contributed by atoms with Gasteiger partial charge in [0.15, 0.2) is 0 Å². The topological polar surface area (TPSA) is 29.3 Å². The predicted octanol–water partition coefficient (Wildman–Crippen LogP) is 3.48. The maximum atomic E-state index is 13.7. The molecule has 0 aliphatic carbocycles. The van der Waals surface area contributed by atoms with Crippen LogP contribution < -0.4 is 5.73 Å². The smallest absolute Gasteiger partial charge is 0.127 e. The molecule has 1 aliphatic rings. The first-order valence-corrected chi connectivity index (χ1v) is 7.46. The van der Waals surface area contributed by atoms with Crippen LogP contribution in [0.2, 0.25) is 0 Å². The zero-order valence-corrected chi connectivity index (χ0v) is 11.8. The molecule has 0 saturated carbocycles. The van der Waals surface area contributed by atoms with E-state index in [-0.39, 0.29) is 11.9 Å². The molecule has 0 aromatic heterocycles. The summed E-state index contributed by atoms with van der Waals surface area (Å²) in [6.45, 7) is 4.40. The van der Waals surface area contributed by atoms with Crippen molar-refractivity contribution in [2.75, 3.05) is 13.1 Å². The number of hydrogen-bond acceptors (Lipinski definition) is 2. The van der Waals surface area contributed by atoms with E-state index < -0.39 is 0 Å². The first-order valence-electron chi connectivity index (χ1n) is 7.46. The fraction of sp³-hybridized carbons (Fsp3) is 0.625. The third kappa shape index (κ3) is 3.77. The van der Waals surface area contributed by atoms with E-state index in [0.29, 0.717) is 11.6 Å². The monoisotopic (exact) mass is 264 g/mol. The van der Waals surface area contributed by atoms with E-state index in [0.717, 1.165) is 13.0 Å². The van der Waals surface area contributed by atoms with Crippen LogP contribution in [-0.4, -0.2) is 24.0 Å². The molecule has 106 valence electrons. The van der Waals surface area contributed by atoms with Crippen molar-refractivity contribution in [3.63, 3.8) is 0 Å². The molecule has 2 rings (SSSR count). The summed E-state index contributed by atoms with van der Waals surface area (Å²) >= 11 is 0. The summed E-state index contributed by atoms with van der Waals surface area (Å²) in [6.07, 6.45) is 5.96. The van der Waals surface area contributed by atoms with Crippen LogP contribution in [0.25, 0.3) is 0 Å². The molecule has 1 saturated heterocycles. The van der Waals surface area contributed by atoms with Crippen LogP contribution in [0, 0.1) is 5.82 Å². The number of likely N-dealkylation sites (tertiary alicyclic amines) is 1. The van der Waals surface area contributed by atoms with E-state index in [9.17, 15) is 4.39 Å². The van der Waals surface area contributed by atoms with Crippen molar-refractivity contribution in [3.05, 3.63) is 35.6 Å². The minimum Gasteiger partial charge on any atom is -0.324 e. The van der Waals surface area contributed by atoms with Gasteiger partial charge in [0.2, 0.25) is 0 Å².